The fourth-order valence-corrected chi connectivity index (χ4v) is 4.08. The number of hydrogen-bond acceptors (Lipinski definition) is 3. The fraction of sp³-hybridized carbons (Fsp3) is 0.333. The van der Waals surface area contributed by atoms with Crippen LogP contribution < -0.4 is 10.1 Å². The normalized spacial score (nSPS) is 21.7. The quantitative estimate of drug-likeness (QED) is 0.864. The molecule has 0 saturated carbocycles. The van der Waals surface area contributed by atoms with Gasteiger partial charge in [0.25, 0.3) is 5.91 Å². The van der Waals surface area contributed by atoms with Crippen molar-refractivity contribution in [3.8, 4) is 5.75 Å². The third kappa shape index (κ3) is 2.46. The lowest BCUT2D eigenvalue weighted by Gasteiger charge is -2.33. The van der Waals surface area contributed by atoms with E-state index in [1.54, 1.807) is 7.11 Å². The molecule has 1 N–H and O–H groups in total. The first-order chi connectivity index (χ1) is 12.5. The van der Waals surface area contributed by atoms with Crippen LogP contribution in [0.2, 0.25) is 0 Å². The van der Waals surface area contributed by atoms with Crippen molar-refractivity contribution in [2.75, 3.05) is 7.11 Å². The highest BCUT2D eigenvalue weighted by Crippen LogP contribution is 2.41. The summed E-state index contributed by atoms with van der Waals surface area (Å²) in [7, 11) is 1.63. The molecular weight excluding hydrogens is 328 g/mol. The summed E-state index contributed by atoms with van der Waals surface area (Å²) >= 11 is 0. The molecule has 3 amide bonds. The Bertz CT molecular complexity index is 893. The van der Waals surface area contributed by atoms with Crippen molar-refractivity contribution in [3.05, 3.63) is 64.7 Å². The molecule has 1 aliphatic carbocycles. The van der Waals surface area contributed by atoms with E-state index in [1.165, 1.54) is 4.90 Å². The Morgan fingerprint density at radius 1 is 1.19 bits per heavy atom. The molecule has 5 heteroatoms. The molecule has 2 aromatic carbocycles. The molecule has 0 bridgehead atoms. The second kappa shape index (κ2) is 6.16. The van der Waals surface area contributed by atoms with Crippen LogP contribution in [0.1, 0.15) is 35.1 Å². The maximum Gasteiger partial charge on any atom is 0.325 e. The fourth-order valence-electron chi connectivity index (χ4n) is 4.08. The number of carbonyl (C=O) groups excluding carboxylic acids is 2. The number of benzene rings is 2. The number of nitrogens with zero attached hydrogens (tertiary/aromatic N) is 1. The van der Waals surface area contributed by atoms with E-state index in [2.05, 4.69) is 5.32 Å². The van der Waals surface area contributed by atoms with Crippen LogP contribution in [0.5, 0.6) is 5.75 Å². The summed E-state index contributed by atoms with van der Waals surface area (Å²) in [6.07, 6.45) is 2.36. The molecule has 2 aliphatic rings. The monoisotopic (exact) mass is 350 g/mol. The average Bonchev–Trinajstić information content (AvgIpc) is 2.88. The Hall–Kier alpha value is -2.82. The second-order valence-electron chi connectivity index (χ2n) is 7.03. The Balaban J connectivity index is 1.71. The third-order valence-corrected chi connectivity index (χ3v) is 5.54. The van der Waals surface area contributed by atoms with Gasteiger partial charge in [-0.05, 0) is 60.6 Å². The van der Waals surface area contributed by atoms with Gasteiger partial charge in [0, 0.05) is 0 Å². The molecule has 1 spiro atoms. The summed E-state index contributed by atoms with van der Waals surface area (Å²) in [5, 5.41) is 3.00. The lowest BCUT2D eigenvalue weighted by atomic mass is 9.76. The lowest BCUT2D eigenvalue weighted by Crippen LogP contribution is -2.46. The summed E-state index contributed by atoms with van der Waals surface area (Å²) in [4.78, 5) is 27.4. The molecule has 134 valence electrons. The van der Waals surface area contributed by atoms with E-state index >= 15 is 0 Å². The number of urea groups is 1. The van der Waals surface area contributed by atoms with Crippen LogP contribution in [0.4, 0.5) is 4.79 Å². The number of hydrogen-bond donors (Lipinski definition) is 1. The summed E-state index contributed by atoms with van der Waals surface area (Å²) in [5.74, 6) is 0.617. The number of aryl methyl sites for hydroxylation is 2. The van der Waals surface area contributed by atoms with Crippen LogP contribution >= 0.6 is 0 Å². The van der Waals surface area contributed by atoms with Gasteiger partial charge in [0.2, 0.25) is 0 Å². The Kier molecular flexibility index (Phi) is 3.94. The van der Waals surface area contributed by atoms with Gasteiger partial charge in [0.1, 0.15) is 11.3 Å². The van der Waals surface area contributed by atoms with Gasteiger partial charge in [0.15, 0.2) is 0 Å². The van der Waals surface area contributed by atoms with Gasteiger partial charge in [-0.15, -0.1) is 0 Å². The van der Waals surface area contributed by atoms with Crippen LogP contribution in [0.3, 0.4) is 0 Å². The van der Waals surface area contributed by atoms with Crippen LogP contribution in [-0.2, 0) is 23.3 Å². The molecule has 0 radical (unpaired) electrons. The van der Waals surface area contributed by atoms with Gasteiger partial charge in [-0.3, -0.25) is 9.69 Å². The molecule has 4 rings (SSSR count). The van der Waals surface area contributed by atoms with Crippen molar-refractivity contribution in [3.63, 3.8) is 0 Å². The van der Waals surface area contributed by atoms with Crippen LogP contribution in [-0.4, -0.2) is 23.9 Å². The standard InChI is InChI=1S/C21H22N2O3/c1-14-6-3-4-7-16(14)13-23-19(24)21(22-20(23)25)11-5-8-15-12-17(26-2)9-10-18(15)21/h3-4,6-7,9-10,12H,5,8,11,13H2,1-2H3,(H,22,25)/t21-/m0/s1. The molecule has 5 nitrogen and oxygen atoms in total. The zero-order chi connectivity index (χ0) is 18.3. The first-order valence-corrected chi connectivity index (χ1v) is 8.91. The molecule has 1 aliphatic heterocycles. The predicted molar refractivity (Wildman–Crippen MR) is 97.9 cm³/mol. The Morgan fingerprint density at radius 2 is 2.00 bits per heavy atom. The number of methoxy groups -OCH3 is 1. The van der Waals surface area contributed by atoms with Crippen molar-refractivity contribution < 1.29 is 14.3 Å². The number of rotatable bonds is 3. The molecule has 1 heterocycles. The van der Waals surface area contributed by atoms with Crippen LogP contribution in [0.25, 0.3) is 0 Å². The molecule has 2 aromatic rings. The van der Waals surface area contributed by atoms with Crippen molar-refractivity contribution in [2.24, 2.45) is 0 Å². The number of amides is 3. The lowest BCUT2D eigenvalue weighted by molar-refractivity contribution is -0.132. The molecule has 0 aromatic heterocycles. The zero-order valence-electron chi connectivity index (χ0n) is 15.0. The summed E-state index contributed by atoms with van der Waals surface area (Å²) in [6.45, 7) is 2.29. The maximum absolute atomic E-state index is 13.3. The van der Waals surface area contributed by atoms with Gasteiger partial charge in [-0.25, -0.2) is 4.79 Å². The van der Waals surface area contributed by atoms with Crippen LogP contribution in [0, 0.1) is 6.92 Å². The number of carbonyl (C=O) groups is 2. The van der Waals surface area contributed by atoms with Gasteiger partial charge in [0.05, 0.1) is 13.7 Å². The van der Waals surface area contributed by atoms with Crippen LogP contribution in [0.15, 0.2) is 42.5 Å². The van der Waals surface area contributed by atoms with Gasteiger partial charge in [-0.1, -0.05) is 30.3 Å². The van der Waals surface area contributed by atoms with E-state index < -0.39 is 5.54 Å². The topological polar surface area (TPSA) is 58.6 Å². The van der Waals surface area contributed by atoms with Crippen molar-refractivity contribution in [2.45, 2.75) is 38.3 Å². The van der Waals surface area contributed by atoms with E-state index in [-0.39, 0.29) is 11.9 Å². The number of nitrogens with one attached hydrogen (secondary N) is 1. The predicted octanol–water partition coefficient (Wildman–Crippen LogP) is 3.29. The van der Waals surface area contributed by atoms with Gasteiger partial charge >= 0.3 is 6.03 Å². The highest BCUT2D eigenvalue weighted by molar-refractivity contribution is 6.07. The number of imide groups is 1. The summed E-state index contributed by atoms with van der Waals surface area (Å²) in [6, 6.07) is 13.3. The number of ether oxygens (including phenoxy) is 1. The molecule has 1 atom stereocenters. The minimum absolute atomic E-state index is 0.156. The van der Waals surface area contributed by atoms with E-state index in [9.17, 15) is 9.59 Å². The first-order valence-electron chi connectivity index (χ1n) is 8.91. The highest BCUT2D eigenvalue weighted by atomic mass is 16.5. The van der Waals surface area contributed by atoms with E-state index in [0.29, 0.717) is 13.0 Å². The van der Waals surface area contributed by atoms with E-state index in [0.717, 1.165) is 40.8 Å². The summed E-state index contributed by atoms with van der Waals surface area (Å²) in [5.41, 5.74) is 3.08. The minimum Gasteiger partial charge on any atom is -0.497 e. The van der Waals surface area contributed by atoms with Gasteiger partial charge < -0.3 is 10.1 Å². The van der Waals surface area contributed by atoms with Crippen molar-refractivity contribution >= 4 is 11.9 Å². The molecule has 1 saturated heterocycles. The first kappa shape index (κ1) is 16.6. The smallest absolute Gasteiger partial charge is 0.325 e. The highest BCUT2D eigenvalue weighted by Gasteiger charge is 2.53. The third-order valence-electron chi connectivity index (χ3n) is 5.54. The molecular formula is C21H22N2O3. The Morgan fingerprint density at radius 3 is 2.77 bits per heavy atom. The SMILES string of the molecule is COc1ccc2c(c1)CCC[C@]21NC(=O)N(Cc2ccccc2C)C1=O. The van der Waals surface area contributed by atoms with E-state index in [1.807, 2.05) is 49.4 Å². The number of fused-ring (bicyclic) bond motifs is 2. The van der Waals surface area contributed by atoms with E-state index in [4.69, 9.17) is 4.74 Å². The second-order valence-corrected chi connectivity index (χ2v) is 7.03. The maximum atomic E-state index is 13.3. The average molecular weight is 350 g/mol. The molecule has 26 heavy (non-hydrogen) atoms. The van der Waals surface area contributed by atoms with Crippen molar-refractivity contribution in [1.82, 2.24) is 10.2 Å². The summed E-state index contributed by atoms with van der Waals surface area (Å²) < 4.78 is 5.31. The zero-order valence-corrected chi connectivity index (χ0v) is 15.0. The Labute approximate surface area is 153 Å². The molecule has 1 fully saturated rings. The van der Waals surface area contributed by atoms with Crippen molar-refractivity contribution in [1.29, 1.82) is 0 Å². The minimum atomic E-state index is -0.945. The van der Waals surface area contributed by atoms with Gasteiger partial charge in [-0.2, -0.15) is 0 Å². The largest absolute Gasteiger partial charge is 0.497 e. The molecule has 0 unspecified atom stereocenters.